The molecule has 0 radical (unpaired) electrons. The van der Waals surface area contributed by atoms with Gasteiger partial charge in [-0.15, -0.1) is 11.8 Å². The molecule has 8 nitrogen and oxygen atoms in total. The van der Waals surface area contributed by atoms with Crippen LogP contribution in [-0.2, 0) is 20.4 Å². The Morgan fingerprint density at radius 3 is 2.34 bits per heavy atom. The number of alkyl halides is 4. The fraction of sp³-hybridized carbons (Fsp3) is 0.435. The minimum atomic E-state index is -5.36. The number of amides is 1. The predicted octanol–water partition coefficient (Wildman–Crippen LogP) is 2.46. The van der Waals surface area contributed by atoms with E-state index in [4.69, 9.17) is 5.11 Å². The second-order valence-electron chi connectivity index (χ2n) is 9.03. The predicted molar refractivity (Wildman–Crippen MR) is 128 cm³/mol. The monoisotopic (exact) mass is 584 g/mol. The minimum Gasteiger partial charge on any atom is -0.393 e. The lowest BCUT2D eigenvalue weighted by molar-refractivity contribution is -0.271. The van der Waals surface area contributed by atoms with Crippen LogP contribution in [0.2, 0.25) is 0 Å². The second-order valence-corrected chi connectivity index (χ2v) is 11.9. The van der Waals surface area contributed by atoms with Crippen molar-refractivity contribution in [3.05, 3.63) is 53.8 Å². The van der Waals surface area contributed by atoms with E-state index < -0.39 is 70.4 Å². The van der Waals surface area contributed by atoms with Gasteiger partial charge in [0.25, 0.3) is 10.0 Å². The van der Waals surface area contributed by atoms with E-state index >= 15 is 0 Å². The van der Waals surface area contributed by atoms with Gasteiger partial charge in [-0.1, -0.05) is 6.07 Å². The molecule has 1 unspecified atom stereocenters. The first-order valence-electron chi connectivity index (χ1n) is 11.1. The lowest BCUT2D eigenvalue weighted by Crippen LogP contribution is -2.49. The summed E-state index contributed by atoms with van der Waals surface area (Å²) in [6, 6.07) is 5.28. The number of carbonyl (C=O) groups excluding carboxylic acids is 1. The molecule has 0 aromatic heterocycles. The number of anilines is 1. The van der Waals surface area contributed by atoms with Crippen LogP contribution < -0.4 is 9.62 Å². The molecule has 15 heteroatoms. The first kappa shape index (κ1) is 30.1. The molecule has 0 spiro atoms. The lowest BCUT2D eigenvalue weighted by Gasteiger charge is -2.38. The number of halogens is 5. The lowest BCUT2D eigenvalue weighted by atomic mass is 9.94. The Bertz CT molecular complexity index is 1270. The number of hydrogen-bond acceptors (Lipinski definition) is 7. The highest BCUT2D eigenvalue weighted by molar-refractivity contribution is 8.00. The van der Waals surface area contributed by atoms with E-state index in [1.807, 2.05) is 0 Å². The number of rotatable bonds is 9. The van der Waals surface area contributed by atoms with Crippen molar-refractivity contribution >= 4 is 33.4 Å². The Labute approximate surface area is 219 Å². The summed E-state index contributed by atoms with van der Waals surface area (Å²) in [7, 11) is -4.49. The van der Waals surface area contributed by atoms with E-state index in [1.165, 1.54) is 6.92 Å². The van der Waals surface area contributed by atoms with Crippen LogP contribution in [-0.4, -0.2) is 73.0 Å². The van der Waals surface area contributed by atoms with Gasteiger partial charge in [-0.25, -0.2) is 17.2 Å². The molecule has 3 rings (SSSR count). The molecule has 4 N–H and O–H groups in total. The number of thioether (sulfide) groups is 1. The summed E-state index contributed by atoms with van der Waals surface area (Å²) in [4.78, 5) is 12.2. The number of carbonyl (C=O) groups is 1. The summed E-state index contributed by atoms with van der Waals surface area (Å²) in [5.41, 5.74) is -6.41. The molecule has 1 heterocycles. The van der Waals surface area contributed by atoms with Crippen LogP contribution in [0.4, 0.5) is 27.6 Å². The third kappa shape index (κ3) is 6.06. The van der Waals surface area contributed by atoms with E-state index in [0.717, 1.165) is 58.5 Å². The molecular formula is C23H25F5N2O6S2. The van der Waals surface area contributed by atoms with Gasteiger partial charge in [0.15, 0.2) is 0 Å². The van der Waals surface area contributed by atoms with Gasteiger partial charge in [-0.3, -0.25) is 9.10 Å². The summed E-state index contributed by atoms with van der Waals surface area (Å²) in [6.45, 7) is -1.90. The zero-order chi connectivity index (χ0) is 28.5. The number of benzene rings is 2. The molecule has 2 aromatic carbocycles. The summed E-state index contributed by atoms with van der Waals surface area (Å²) in [5, 5.41) is 31.4. The molecule has 1 aliphatic rings. The molecular weight excluding hydrogens is 559 g/mol. The Hall–Kier alpha value is -2.46. The Morgan fingerprint density at radius 2 is 1.79 bits per heavy atom. The third-order valence-electron chi connectivity index (χ3n) is 5.90. The van der Waals surface area contributed by atoms with Gasteiger partial charge < -0.3 is 20.6 Å². The molecule has 0 saturated heterocycles. The summed E-state index contributed by atoms with van der Waals surface area (Å²) >= 11 is 0.899. The van der Waals surface area contributed by atoms with Gasteiger partial charge in [0.05, 0.1) is 23.2 Å². The van der Waals surface area contributed by atoms with Crippen molar-refractivity contribution in [1.29, 1.82) is 0 Å². The molecule has 0 fully saturated rings. The summed E-state index contributed by atoms with van der Waals surface area (Å²) in [5.74, 6) is -1.53. The van der Waals surface area contributed by atoms with E-state index in [-0.39, 0.29) is 27.8 Å². The molecule has 0 aliphatic carbocycles. The highest BCUT2D eigenvalue weighted by Crippen LogP contribution is 2.46. The van der Waals surface area contributed by atoms with Crippen molar-refractivity contribution in [1.82, 2.24) is 5.32 Å². The van der Waals surface area contributed by atoms with Crippen molar-refractivity contribution < 1.29 is 50.5 Å². The zero-order valence-electron chi connectivity index (χ0n) is 19.9. The topological polar surface area (TPSA) is 127 Å². The summed E-state index contributed by atoms with van der Waals surface area (Å²) in [6.07, 6.45) is -5.79. The number of hydrogen-bond donors (Lipinski definition) is 4. The average Bonchev–Trinajstić information content (AvgIpc) is 2.86. The second kappa shape index (κ2) is 11.0. The van der Waals surface area contributed by atoms with Crippen LogP contribution in [0.25, 0.3) is 0 Å². The van der Waals surface area contributed by atoms with Crippen LogP contribution >= 0.6 is 11.8 Å². The van der Waals surface area contributed by atoms with Crippen molar-refractivity contribution in [2.24, 2.45) is 0 Å². The van der Waals surface area contributed by atoms with Crippen molar-refractivity contribution in [3.63, 3.8) is 0 Å². The molecule has 2 aromatic rings. The van der Waals surface area contributed by atoms with Gasteiger partial charge in [-0.05, 0) is 48.9 Å². The SMILES string of the molecule is C[C@@](O)(CO)CNC(=O)C[C@H]1CSc2cc(C(O)(CF)C(F)(F)F)ccc2N1S(=O)(=O)c1ccc(F)cc1. The maximum absolute atomic E-state index is 13.6. The Morgan fingerprint density at radius 1 is 1.16 bits per heavy atom. The van der Waals surface area contributed by atoms with Crippen molar-refractivity contribution in [3.8, 4) is 0 Å². The number of sulfonamides is 1. The third-order valence-corrected chi connectivity index (χ3v) is 8.97. The highest BCUT2D eigenvalue weighted by atomic mass is 32.2. The van der Waals surface area contributed by atoms with Crippen molar-refractivity contribution in [2.75, 3.05) is 29.9 Å². The smallest absolute Gasteiger partial charge is 0.393 e. The zero-order valence-corrected chi connectivity index (χ0v) is 21.5. The number of aliphatic hydroxyl groups excluding tert-OH is 1. The van der Waals surface area contributed by atoms with Crippen LogP contribution in [0, 0.1) is 5.82 Å². The van der Waals surface area contributed by atoms with E-state index in [2.05, 4.69) is 5.32 Å². The largest absolute Gasteiger partial charge is 0.424 e. The van der Waals surface area contributed by atoms with E-state index in [1.54, 1.807) is 0 Å². The van der Waals surface area contributed by atoms with Gasteiger partial charge in [0.2, 0.25) is 11.5 Å². The molecule has 210 valence electrons. The van der Waals surface area contributed by atoms with Gasteiger partial charge in [0, 0.05) is 23.6 Å². The fourth-order valence-corrected chi connectivity index (χ4v) is 6.64. The fourth-order valence-electron chi connectivity index (χ4n) is 3.65. The Balaban J connectivity index is 2.05. The first-order valence-corrected chi connectivity index (χ1v) is 13.5. The first-order chi connectivity index (χ1) is 17.6. The number of fused-ring (bicyclic) bond motifs is 1. The standard InChI is InChI=1S/C23H25F5N2O6S2/c1-21(33,13-31)12-29-20(32)9-16-10-37-19-8-14(22(34,11-24)23(26,27)28)2-7-18(19)30(16)38(35,36)17-5-3-15(25)4-6-17/h2-8,16,31,33-34H,9-13H2,1H3,(H,29,32)/t16-,21-,22?/m0/s1. The van der Waals surface area contributed by atoms with Crippen molar-refractivity contribution in [2.45, 2.75) is 46.6 Å². The van der Waals surface area contributed by atoms with Crippen LogP contribution in [0.3, 0.4) is 0 Å². The average molecular weight is 585 g/mol. The van der Waals surface area contributed by atoms with Crippen LogP contribution in [0.15, 0.2) is 52.3 Å². The van der Waals surface area contributed by atoms with Crippen LogP contribution in [0.5, 0.6) is 0 Å². The molecule has 0 bridgehead atoms. The Kier molecular flexibility index (Phi) is 8.68. The molecule has 3 atom stereocenters. The minimum absolute atomic E-state index is 0.0239. The number of aliphatic hydroxyl groups is 3. The maximum Gasteiger partial charge on any atom is 0.424 e. The normalized spacial score (nSPS) is 19.3. The van der Waals surface area contributed by atoms with E-state index in [9.17, 15) is 45.4 Å². The molecule has 38 heavy (non-hydrogen) atoms. The quantitative estimate of drug-likeness (QED) is 0.334. The maximum atomic E-state index is 13.6. The number of nitrogens with one attached hydrogen (secondary N) is 1. The van der Waals surface area contributed by atoms with E-state index in [0.29, 0.717) is 0 Å². The molecule has 0 saturated carbocycles. The van der Waals surface area contributed by atoms with Crippen LogP contribution in [0.1, 0.15) is 18.9 Å². The van der Waals surface area contributed by atoms with Gasteiger partial charge in [0.1, 0.15) is 18.1 Å². The highest BCUT2D eigenvalue weighted by Gasteiger charge is 2.55. The molecule has 1 amide bonds. The summed E-state index contributed by atoms with van der Waals surface area (Å²) < 4.78 is 95.1. The molecule has 1 aliphatic heterocycles. The van der Waals surface area contributed by atoms with Gasteiger partial charge >= 0.3 is 6.18 Å². The number of nitrogens with zero attached hydrogens (tertiary/aromatic N) is 1. The van der Waals surface area contributed by atoms with Gasteiger partial charge in [-0.2, -0.15) is 13.2 Å².